The number of halogens is 6. The van der Waals surface area contributed by atoms with Crippen LogP contribution in [0.4, 0.5) is 32.3 Å². The molecule has 3 N–H and O–H groups in total. The summed E-state index contributed by atoms with van der Waals surface area (Å²) in [6, 6.07) is 1.24. The first-order valence-electron chi connectivity index (χ1n) is 12.1. The van der Waals surface area contributed by atoms with Gasteiger partial charge in [-0.05, 0) is 50.3 Å². The zero-order chi connectivity index (χ0) is 27.9. The van der Waals surface area contributed by atoms with E-state index in [-0.39, 0.29) is 24.4 Å². The maximum absolute atomic E-state index is 12.9. The van der Waals surface area contributed by atoms with Crippen molar-refractivity contribution in [2.75, 3.05) is 5.32 Å². The summed E-state index contributed by atoms with van der Waals surface area (Å²) < 4.78 is 81.5. The Morgan fingerprint density at radius 2 is 1.90 bits per heavy atom. The molecule has 15 heteroatoms. The predicted molar refractivity (Wildman–Crippen MR) is 128 cm³/mol. The Morgan fingerprint density at radius 1 is 1.15 bits per heavy atom. The van der Waals surface area contributed by atoms with Crippen molar-refractivity contribution in [3.8, 4) is 11.1 Å². The summed E-state index contributed by atoms with van der Waals surface area (Å²) in [6.07, 6.45) is -2.54. The molecule has 208 valence electrons. The molecule has 4 heterocycles. The highest BCUT2D eigenvalue weighted by molar-refractivity contribution is 6.02. The van der Waals surface area contributed by atoms with Crippen LogP contribution in [0.2, 0.25) is 0 Å². The molecule has 1 saturated carbocycles. The number of ether oxygens (including phenoxy) is 1. The summed E-state index contributed by atoms with van der Waals surface area (Å²) >= 11 is 0. The van der Waals surface area contributed by atoms with Crippen LogP contribution >= 0.6 is 0 Å². The summed E-state index contributed by atoms with van der Waals surface area (Å²) in [5.41, 5.74) is 2.16. The van der Waals surface area contributed by atoms with Crippen LogP contribution in [-0.4, -0.2) is 61.2 Å². The number of amides is 1. The molecule has 39 heavy (non-hydrogen) atoms. The quantitative estimate of drug-likeness (QED) is 0.282. The monoisotopic (exact) mass is 555 g/mol. The molecule has 0 saturated heterocycles. The Kier molecular flexibility index (Phi) is 6.86. The van der Waals surface area contributed by atoms with Crippen LogP contribution in [0.1, 0.15) is 43.0 Å². The number of rotatable bonds is 6. The van der Waals surface area contributed by atoms with E-state index in [0.717, 1.165) is 6.92 Å². The van der Waals surface area contributed by atoms with Gasteiger partial charge in [-0.3, -0.25) is 9.53 Å². The number of hydrogen-bond donors (Lipinski definition) is 3. The van der Waals surface area contributed by atoms with Gasteiger partial charge in [-0.15, -0.1) is 13.2 Å². The number of carbonyl (C=O) groups excluding carboxylic acids is 1. The van der Waals surface area contributed by atoms with Crippen LogP contribution in [0, 0.1) is 0 Å². The lowest BCUT2D eigenvalue weighted by atomic mass is 9.93. The summed E-state index contributed by atoms with van der Waals surface area (Å²) in [7, 11) is 0. The number of nitrogens with zero attached hydrogens (tertiary/aromatic N) is 4. The van der Waals surface area contributed by atoms with Gasteiger partial charge >= 0.3 is 12.5 Å². The van der Waals surface area contributed by atoms with E-state index >= 15 is 0 Å². The van der Waals surface area contributed by atoms with Gasteiger partial charge in [-0.2, -0.15) is 23.3 Å². The lowest BCUT2D eigenvalue weighted by molar-refractivity contribution is -0.345. The van der Waals surface area contributed by atoms with Crippen molar-refractivity contribution in [1.82, 2.24) is 29.9 Å². The van der Waals surface area contributed by atoms with Gasteiger partial charge in [0.15, 0.2) is 0 Å². The molecular formula is C24H23F6N7O2. The highest BCUT2D eigenvalue weighted by Gasteiger charge is 2.37. The van der Waals surface area contributed by atoms with E-state index < -0.39 is 30.6 Å². The van der Waals surface area contributed by atoms with E-state index in [1.54, 1.807) is 30.7 Å². The molecule has 1 aliphatic rings. The number of H-pyrrole nitrogens is 1. The molecule has 1 unspecified atom stereocenters. The van der Waals surface area contributed by atoms with Crippen molar-refractivity contribution < 1.29 is 35.9 Å². The summed E-state index contributed by atoms with van der Waals surface area (Å²) in [5.74, 6) is -0.580. The zero-order valence-electron chi connectivity index (χ0n) is 20.4. The average molecular weight is 555 g/mol. The highest BCUT2D eigenvalue weighted by Crippen LogP contribution is 2.31. The minimum Gasteiger partial charge on any atom is -0.351 e. The molecule has 9 nitrogen and oxygen atoms in total. The number of alkyl halides is 6. The van der Waals surface area contributed by atoms with Crippen LogP contribution in [0.25, 0.3) is 27.7 Å². The molecule has 0 bridgehead atoms. The lowest BCUT2D eigenvalue weighted by Gasteiger charge is -2.29. The van der Waals surface area contributed by atoms with Crippen molar-refractivity contribution >= 4 is 28.4 Å². The number of aromatic nitrogens is 5. The third kappa shape index (κ3) is 5.92. The van der Waals surface area contributed by atoms with Crippen LogP contribution in [0.5, 0.6) is 0 Å². The molecule has 1 amide bonds. The molecule has 4 aromatic heterocycles. The van der Waals surface area contributed by atoms with E-state index in [1.165, 1.54) is 10.7 Å². The molecule has 5 rings (SSSR count). The normalized spacial score (nSPS) is 19.4. The molecule has 0 radical (unpaired) electrons. The van der Waals surface area contributed by atoms with Crippen molar-refractivity contribution in [3.63, 3.8) is 0 Å². The third-order valence-corrected chi connectivity index (χ3v) is 6.66. The van der Waals surface area contributed by atoms with Crippen LogP contribution in [-0.2, 0) is 4.74 Å². The second-order valence-corrected chi connectivity index (χ2v) is 9.38. The first-order chi connectivity index (χ1) is 18.4. The molecule has 1 fully saturated rings. The number of pyridine rings is 1. The molecule has 1 aliphatic carbocycles. The van der Waals surface area contributed by atoms with Gasteiger partial charge in [0.05, 0.1) is 23.4 Å². The third-order valence-electron chi connectivity index (χ3n) is 6.66. The van der Waals surface area contributed by atoms with Gasteiger partial charge in [-0.25, -0.2) is 9.50 Å². The minimum atomic E-state index is -4.65. The number of nitrogens with one attached hydrogen (secondary N) is 3. The van der Waals surface area contributed by atoms with Crippen molar-refractivity contribution in [1.29, 1.82) is 0 Å². The van der Waals surface area contributed by atoms with Crippen molar-refractivity contribution in [2.24, 2.45) is 0 Å². The van der Waals surface area contributed by atoms with Crippen molar-refractivity contribution in [2.45, 2.75) is 63.3 Å². The number of carbonyl (C=O) groups is 1. The van der Waals surface area contributed by atoms with Crippen LogP contribution < -0.4 is 10.6 Å². The molecule has 0 spiro atoms. The molecular weight excluding hydrogens is 532 g/mol. The van der Waals surface area contributed by atoms with Gasteiger partial charge in [-0.1, -0.05) is 0 Å². The fourth-order valence-electron chi connectivity index (χ4n) is 4.59. The highest BCUT2D eigenvalue weighted by atomic mass is 19.4. The Morgan fingerprint density at radius 3 is 2.59 bits per heavy atom. The second kappa shape index (κ2) is 10.0. The lowest BCUT2D eigenvalue weighted by Crippen LogP contribution is -2.43. The predicted octanol–water partition coefficient (Wildman–Crippen LogP) is 5.21. The largest absolute Gasteiger partial charge is 0.522 e. The SMILES string of the molecule is CC(NC(=O)c1cnn2ccc(-c3c[nH]c4nc(NC5CCC(OC(F)(F)F)CC5)ncc34)cc12)C(F)(F)F. The topological polar surface area (TPSA) is 109 Å². The summed E-state index contributed by atoms with van der Waals surface area (Å²) in [6.45, 7) is 0.859. The maximum atomic E-state index is 12.9. The number of anilines is 1. The maximum Gasteiger partial charge on any atom is 0.522 e. The van der Waals surface area contributed by atoms with Gasteiger partial charge in [0.2, 0.25) is 5.95 Å². The molecule has 0 aromatic carbocycles. The van der Waals surface area contributed by atoms with Gasteiger partial charge in [0, 0.05) is 35.6 Å². The van der Waals surface area contributed by atoms with Gasteiger partial charge < -0.3 is 15.6 Å². The van der Waals surface area contributed by atoms with Gasteiger partial charge in [0.1, 0.15) is 11.7 Å². The average Bonchev–Trinajstić information content (AvgIpc) is 3.47. The van der Waals surface area contributed by atoms with E-state index in [9.17, 15) is 31.1 Å². The van der Waals surface area contributed by atoms with Crippen molar-refractivity contribution in [3.05, 3.63) is 42.5 Å². The molecule has 4 aromatic rings. The molecule has 0 aliphatic heterocycles. The zero-order valence-corrected chi connectivity index (χ0v) is 20.4. The fourth-order valence-corrected chi connectivity index (χ4v) is 4.59. The standard InChI is InChI=1S/C24H23F6N7O2/c1-12(23(25,26)27)34-21(38)18-11-33-37-7-6-13(8-19(18)37)16-9-31-20-17(16)10-32-22(36-20)35-14-2-4-15(5-3-14)39-24(28,29)30/h6-12,14-15H,2-5H2,1H3,(H,34,38)(H2,31,32,35,36). The summed E-state index contributed by atoms with van der Waals surface area (Å²) in [4.78, 5) is 24.4. The van der Waals surface area contributed by atoms with E-state index in [0.29, 0.717) is 46.5 Å². The van der Waals surface area contributed by atoms with Crippen LogP contribution in [0.3, 0.4) is 0 Å². The second-order valence-electron chi connectivity index (χ2n) is 9.38. The Balaban J connectivity index is 1.32. The van der Waals surface area contributed by atoms with E-state index in [4.69, 9.17) is 0 Å². The van der Waals surface area contributed by atoms with E-state index in [1.807, 2.05) is 5.32 Å². The van der Waals surface area contributed by atoms with Crippen LogP contribution in [0.15, 0.2) is 36.9 Å². The van der Waals surface area contributed by atoms with Gasteiger partial charge in [0.25, 0.3) is 5.91 Å². The molecule has 1 atom stereocenters. The number of aromatic amines is 1. The first kappa shape index (κ1) is 26.7. The first-order valence-corrected chi connectivity index (χ1v) is 12.1. The summed E-state index contributed by atoms with van der Waals surface area (Å²) in [5, 5.41) is 9.81. The number of hydrogen-bond acceptors (Lipinski definition) is 6. The Hall–Kier alpha value is -3.88. The number of fused-ring (bicyclic) bond motifs is 2. The van der Waals surface area contributed by atoms with E-state index in [2.05, 4.69) is 30.1 Å². The fraction of sp³-hybridized carbons (Fsp3) is 0.417. The minimum absolute atomic E-state index is 0.00844. The Labute approximate surface area is 217 Å². The Bertz CT molecular complexity index is 1490. The smallest absolute Gasteiger partial charge is 0.351 e.